The molecule has 1 aliphatic rings. The molecule has 18 heavy (non-hydrogen) atoms. The quantitative estimate of drug-likeness (QED) is 0.761. The minimum absolute atomic E-state index is 0.187. The summed E-state index contributed by atoms with van der Waals surface area (Å²) in [5.74, 6) is 0.635. The Balaban J connectivity index is 2.48. The van der Waals surface area contributed by atoms with E-state index in [2.05, 4.69) is 24.1 Å². The van der Waals surface area contributed by atoms with Crippen molar-refractivity contribution < 1.29 is 8.42 Å². The zero-order valence-corrected chi connectivity index (χ0v) is 12.9. The van der Waals surface area contributed by atoms with Gasteiger partial charge in [-0.2, -0.15) is 0 Å². The lowest BCUT2D eigenvalue weighted by Gasteiger charge is -2.43. The van der Waals surface area contributed by atoms with Gasteiger partial charge in [-0.05, 0) is 19.3 Å². The van der Waals surface area contributed by atoms with E-state index in [1.54, 1.807) is 0 Å². The number of rotatable bonds is 7. The van der Waals surface area contributed by atoms with Crippen molar-refractivity contribution in [1.82, 2.24) is 10.2 Å². The van der Waals surface area contributed by atoms with Crippen LogP contribution in [-0.4, -0.2) is 56.5 Å². The zero-order chi connectivity index (χ0) is 13.6. The van der Waals surface area contributed by atoms with Crippen molar-refractivity contribution in [2.24, 2.45) is 0 Å². The highest BCUT2D eigenvalue weighted by Gasteiger charge is 2.31. The fourth-order valence-electron chi connectivity index (χ4n) is 2.64. The summed E-state index contributed by atoms with van der Waals surface area (Å²) >= 11 is 0. The average molecular weight is 276 g/mol. The van der Waals surface area contributed by atoms with Crippen LogP contribution < -0.4 is 5.32 Å². The van der Waals surface area contributed by atoms with Gasteiger partial charge in [0.05, 0.1) is 5.75 Å². The molecule has 1 rings (SSSR count). The monoisotopic (exact) mass is 276 g/mol. The van der Waals surface area contributed by atoms with Gasteiger partial charge in [-0.1, -0.05) is 20.8 Å². The van der Waals surface area contributed by atoms with E-state index in [1.165, 1.54) is 0 Å². The molecule has 0 bridgehead atoms. The standard InChI is InChI=1S/C13H28N2O2S/c1-4-10-18(16,17)11-9-15-8-7-14-13(5-2,6-3)12-15/h14H,4-12H2,1-3H3. The fraction of sp³-hybridized carbons (Fsp3) is 1.00. The van der Waals surface area contributed by atoms with E-state index < -0.39 is 9.84 Å². The highest BCUT2D eigenvalue weighted by molar-refractivity contribution is 7.91. The predicted molar refractivity (Wildman–Crippen MR) is 76.7 cm³/mol. The number of nitrogens with one attached hydrogen (secondary N) is 1. The number of hydrogen-bond donors (Lipinski definition) is 1. The first-order chi connectivity index (χ1) is 8.47. The van der Waals surface area contributed by atoms with Gasteiger partial charge in [-0.25, -0.2) is 8.42 Å². The number of piperazine rings is 1. The molecular weight excluding hydrogens is 248 g/mol. The van der Waals surface area contributed by atoms with E-state index in [4.69, 9.17) is 0 Å². The van der Waals surface area contributed by atoms with Gasteiger partial charge in [-0.15, -0.1) is 0 Å². The van der Waals surface area contributed by atoms with Gasteiger partial charge >= 0.3 is 0 Å². The molecule has 4 nitrogen and oxygen atoms in total. The molecule has 0 aromatic rings. The predicted octanol–water partition coefficient (Wildman–Crippen LogP) is 1.28. The van der Waals surface area contributed by atoms with Crippen molar-refractivity contribution in [2.75, 3.05) is 37.7 Å². The van der Waals surface area contributed by atoms with Crippen LogP contribution in [0.2, 0.25) is 0 Å². The lowest BCUT2D eigenvalue weighted by atomic mass is 9.90. The summed E-state index contributed by atoms with van der Waals surface area (Å²) in [6.45, 7) is 9.91. The van der Waals surface area contributed by atoms with Gasteiger partial charge in [-0.3, -0.25) is 4.90 Å². The van der Waals surface area contributed by atoms with Crippen LogP contribution in [0.4, 0.5) is 0 Å². The Bertz CT molecular complexity index is 337. The van der Waals surface area contributed by atoms with E-state index >= 15 is 0 Å². The molecule has 0 amide bonds. The van der Waals surface area contributed by atoms with Crippen LogP contribution in [0.15, 0.2) is 0 Å². The maximum absolute atomic E-state index is 11.7. The van der Waals surface area contributed by atoms with Crippen molar-refractivity contribution >= 4 is 9.84 Å². The molecule has 1 fully saturated rings. The first-order valence-electron chi connectivity index (χ1n) is 7.14. The SMILES string of the molecule is CCCS(=O)(=O)CCN1CCNC(CC)(CC)C1. The Labute approximate surface area is 112 Å². The normalized spacial score (nSPS) is 21.1. The molecule has 108 valence electrons. The van der Waals surface area contributed by atoms with Crippen LogP contribution in [0, 0.1) is 0 Å². The third-order valence-corrected chi connectivity index (χ3v) is 5.88. The second-order valence-electron chi connectivity index (χ2n) is 5.34. The smallest absolute Gasteiger partial charge is 0.151 e. The first-order valence-corrected chi connectivity index (χ1v) is 8.97. The largest absolute Gasteiger partial charge is 0.309 e. The highest BCUT2D eigenvalue weighted by Crippen LogP contribution is 2.19. The molecule has 0 aliphatic carbocycles. The molecule has 0 atom stereocenters. The lowest BCUT2D eigenvalue weighted by molar-refractivity contribution is 0.130. The van der Waals surface area contributed by atoms with Crippen LogP contribution in [0.1, 0.15) is 40.0 Å². The second-order valence-corrected chi connectivity index (χ2v) is 7.65. The Kier molecular flexibility index (Phi) is 6.08. The third-order valence-electron chi connectivity index (χ3n) is 4.04. The topological polar surface area (TPSA) is 49.4 Å². The van der Waals surface area contributed by atoms with Crippen LogP contribution in [0.25, 0.3) is 0 Å². The molecule has 1 N–H and O–H groups in total. The number of nitrogens with zero attached hydrogens (tertiary/aromatic N) is 1. The molecular formula is C13H28N2O2S. The summed E-state index contributed by atoms with van der Waals surface area (Å²) in [6.07, 6.45) is 2.92. The summed E-state index contributed by atoms with van der Waals surface area (Å²) in [7, 11) is -2.84. The Morgan fingerprint density at radius 3 is 2.39 bits per heavy atom. The van der Waals surface area contributed by atoms with E-state index in [-0.39, 0.29) is 5.54 Å². The summed E-state index contributed by atoms with van der Waals surface area (Å²) in [5, 5.41) is 3.59. The lowest BCUT2D eigenvalue weighted by Crippen LogP contribution is -2.60. The van der Waals surface area contributed by atoms with Gasteiger partial charge in [0.25, 0.3) is 0 Å². The minimum atomic E-state index is -2.84. The summed E-state index contributed by atoms with van der Waals surface area (Å²) in [5.41, 5.74) is 0.187. The van der Waals surface area contributed by atoms with Crippen LogP contribution >= 0.6 is 0 Å². The molecule has 0 aromatic carbocycles. The van der Waals surface area contributed by atoms with Crippen molar-refractivity contribution in [3.05, 3.63) is 0 Å². The van der Waals surface area contributed by atoms with E-state index in [0.717, 1.165) is 38.9 Å². The number of sulfone groups is 1. The Morgan fingerprint density at radius 2 is 1.83 bits per heavy atom. The Morgan fingerprint density at radius 1 is 1.17 bits per heavy atom. The average Bonchev–Trinajstić information content (AvgIpc) is 2.37. The van der Waals surface area contributed by atoms with Crippen molar-refractivity contribution in [1.29, 1.82) is 0 Å². The molecule has 5 heteroatoms. The first kappa shape index (κ1) is 15.9. The van der Waals surface area contributed by atoms with E-state index in [9.17, 15) is 8.42 Å². The van der Waals surface area contributed by atoms with Gasteiger partial charge in [0, 0.05) is 37.5 Å². The minimum Gasteiger partial charge on any atom is -0.309 e. The number of hydrogen-bond acceptors (Lipinski definition) is 4. The van der Waals surface area contributed by atoms with Crippen LogP contribution in [0.5, 0.6) is 0 Å². The van der Waals surface area contributed by atoms with Crippen molar-refractivity contribution in [3.63, 3.8) is 0 Å². The Hall–Kier alpha value is -0.130. The van der Waals surface area contributed by atoms with E-state index in [0.29, 0.717) is 18.1 Å². The summed E-state index contributed by atoms with van der Waals surface area (Å²) < 4.78 is 23.5. The molecule has 0 saturated carbocycles. The molecule has 1 aliphatic heterocycles. The van der Waals surface area contributed by atoms with Gasteiger partial charge in [0.2, 0.25) is 0 Å². The summed E-state index contributed by atoms with van der Waals surface area (Å²) in [6, 6.07) is 0. The van der Waals surface area contributed by atoms with Crippen molar-refractivity contribution in [2.45, 2.75) is 45.6 Å². The van der Waals surface area contributed by atoms with Crippen LogP contribution in [0.3, 0.4) is 0 Å². The van der Waals surface area contributed by atoms with Gasteiger partial charge < -0.3 is 5.32 Å². The molecule has 0 unspecified atom stereocenters. The second kappa shape index (κ2) is 6.87. The van der Waals surface area contributed by atoms with E-state index in [1.807, 2.05) is 6.92 Å². The zero-order valence-electron chi connectivity index (χ0n) is 12.0. The molecule has 0 radical (unpaired) electrons. The maximum Gasteiger partial charge on any atom is 0.151 e. The molecule has 1 heterocycles. The van der Waals surface area contributed by atoms with Crippen LogP contribution in [-0.2, 0) is 9.84 Å². The molecule has 1 saturated heterocycles. The fourth-order valence-corrected chi connectivity index (χ4v) is 4.00. The highest BCUT2D eigenvalue weighted by atomic mass is 32.2. The van der Waals surface area contributed by atoms with Crippen molar-refractivity contribution in [3.8, 4) is 0 Å². The van der Waals surface area contributed by atoms with Gasteiger partial charge in [0.15, 0.2) is 9.84 Å². The maximum atomic E-state index is 11.7. The summed E-state index contributed by atoms with van der Waals surface area (Å²) in [4.78, 5) is 2.30. The van der Waals surface area contributed by atoms with Gasteiger partial charge in [0.1, 0.15) is 0 Å². The molecule has 0 spiro atoms. The molecule has 0 aromatic heterocycles. The third kappa shape index (κ3) is 4.52.